The SMILES string of the molecule is OCCC1(c2ccc(N(Cc3ccccc3)Cc3ccccc3)cc2)COC1. The van der Waals surface area contributed by atoms with Gasteiger partial charge in [-0.15, -0.1) is 0 Å². The Labute approximate surface area is 167 Å². The molecule has 0 amide bonds. The summed E-state index contributed by atoms with van der Waals surface area (Å²) in [4.78, 5) is 2.41. The molecule has 3 nitrogen and oxygen atoms in total. The third-order valence-electron chi connectivity index (χ3n) is 5.62. The molecule has 1 heterocycles. The second-order valence-corrected chi connectivity index (χ2v) is 7.62. The van der Waals surface area contributed by atoms with Crippen molar-refractivity contribution in [1.82, 2.24) is 0 Å². The van der Waals surface area contributed by atoms with Crippen LogP contribution in [-0.2, 0) is 23.2 Å². The minimum absolute atomic E-state index is 0.0169. The van der Waals surface area contributed by atoms with Crippen molar-refractivity contribution in [3.63, 3.8) is 0 Å². The van der Waals surface area contributed by atoms with E-state index in [1.54, 1.807) is 0 Å². The quantitative estimate of drug-likeness (QED) is 0.629. The summed E-state index contributed by atoms with van der Waals surface area (Å²) in [6.45, 7) is 3.31. The highest BCUT2D eigenvalue weighted by Gasteiger charge is 2.39. The highest BCUT2D eigenvalue weighted by Crippen LogP contribution is 2.36. The van der Waals surface area contributed by atoms with Crippen molar-refractivity contribution >= 4 is 5.69 Å². The number of nitrogens with zero attached hydrogens (tertiary/aromatic N) is 1. The topological polar surface area (TPSA) is 32.7 Å². The van der Waals surface area contributed by atoms with Crippen LogP contribution in [0.2, 0.25) is 0 Å². The molecule has 1 aliphatic rings. The van der Waals surface area contributed by atoms with Gasteiger partial charge in [-0.25, -0.2) is 0 Å². The Morgan fingerprint density at radius 2 is 1.29 bits per heavy atom. The van der Waals surface area contributed by atoms with Crippen molar-refractivity contribution in [3.05, 3.63) is 102 Å². The van der Waals surface area contributed by atoms with E-state index in [1.807, 2.05) is 0 Å². The molecule has 1 aliphatic heterocycles. The number of rotatable bonds is 8. The first kappa shape index (κ1) is 18.7. The maximum atomic E-state index is 9.44. The Morgan fingerprint density at radius 3 is 1.71 bits per heavy atom. The molecule has 4 rings (SSSR count). The number of hydrogen-bond donors (Lipinski definition) is 1. The number of benzene rings is 3. The van der Waals surface area contributed by atoms with E-state index < -0.39 is 0 Å². The van der Waals surface area contributed by atoms with Crippen LogP contribution in [0.25, 0.3) is 0 Å². The zero-order chi connectivity index (χ0) is 19.2. The lowest BCUT2D eigenvalue weighted by Crippen LogP contribution is -2.47. The molecule has 0 atom stereocenters. The Balaban J connectivity index is 1.58. The highest BCUT2D eigenvalue weighted by molar-refractivity contribution is 5.50. The summed E-state index contributed by atoms with van der Waals surface area (Å²) >= 11 is 0. The Bertz CT molecular complexity index is 817. The third-order valence-corrected chi connectivity index (χ3v) is 5.62. The standard InChI is InChI=1S/C25H27NO2/c27-16-15-25(19-28-20-25)23-11-13-24(14-12-23)26(17-21-7-3-1-4-8-21)18-22-9-5-2-6-10-22/h1-14,27H,15-20H2. The summed E-state index contributed by atoms with van der Waals surface area (Å²) in [5.41, 5.74) is 5.04. The van der Waals surface area contributed by atoms with Crippen molar-refractivity contribution in [3.8, 4) is 0 Å². The zero-order valence-electron chi connectivity index (χ0n) is 16.1. The number of aliphatic hydroxyl groups excluding tert-OH is 1. The molecule has 1 saturated heterocycles. The summed E-state index contributed by atoms with van der Waals surface area (Å²) in [5.74, 6) is 0. The molecule has 28 heavy (non-hydrogen) atoms. The molecule has 0 saturated carbocycles. The smallest absolute Gasteiger partial charge is 0.0586 e. The lowest BCUT2D eigenvalue weighted by molar-refractivity contribution is -0.0700. The Kier molecular flexibility index (Phi) is 5.75. The first-order chi connectivity index (χ1) is 13.8. The predicted molar refractivity (Wildman–Crippen MR) is 113 cm³/mol. The van der Waals surface area contributed by atoms with Gasteiger partial charge in [0.15, 0.2) is 0 Å². The van der Waals surface area contributed by atoms with Crippen LogP contribution in [0.5, 0.6) is 0 Å². The first-order valence-electron chi connectivity index (χ1n) is 9.91. The van der Waals surface area contributed by atoms with E-state index in [2.05, 4.69) is 89.8 Å². The average Bonchev–Trinajstić information content (AvgIpc) is 2.72. The fraction of sp³-hybridized carbons (Fsp3) is 0.280. The second-order valence-electron chi connectivity index (χ2n) is 7.62. The Hall–Kier alpha value is -2.62. The largest absolute Gasteiger partial charge is 0.396 e. The lowest BCUT2D eigenvalue weighted by Gasteiger charge is -2.42. The van der Waals surface area contributed by atoms with Gasteiger partial charge in [0.2, 0.25) is 0 Å². The molecule has 1 fully saturated rings. The molecule has 0 aliphatic carbocycles. The summed E-state index contributed by atoms with van der Waals surface area (Å²) in [7, 11) is 0. The predicted octanol–water partition coefficient (Wildman–Crippen LogP) is 4.54. The number of ether oxygens (including phenoxy) is 1. The van der Waals surface area contributed by atoms with Gasteiger partial charge in [-0.2, -0.15) is 0 Å². The maximum Gasteiger partial charge on any atom is 0.0586 e. The monoisotopic (exact) mass is 373 g/mol. The molecular weight excluding hydrogens is 346 g/mol. The van der Waals surface area contributed by atoms with Gasteiger partial charge in [0.05, 0.1) is 13.2 Å². The van der Waals surface area contributed by atoms with Gasteiger partial charge in [0.1, 0.15) is 0 Å². The normalized spacial score (nSPS) is 15.0. The number of hydrogen-bond acceptors (Lipinski definition) is 3. The molecule has 0 unspecified atom stereocenters. The van der Waals surface area contributed by atoms with Crippen molar-refractivity contribution in [1.29, 1.82) is 0 Å². The van der Waals surface area contributed by atoms with E-state index in [1.165, 1.54) is 22.4 Å². The molecule has 3 heteroatoms. The molecule has 3 aromatic carbocycles. The molecule has 144 valence electrons. The van der Waals surface area contributed by atoms with Crippen LogP contribution in [0, 0.1) is 0 Å². The van der Waals surface area contributed by atoms with E-state index in [4.69, 9.17) is 4.74 Å². The van der Waals surface area contributed by atoms with Crippen LogP contribution < -0.4 is 4.90 Å². The average molecular weight is 373 g/mol. The van der Waals surface area contributed by atoms with Crippen LogP contribution in [0.3, 0.4) is 0 Å². The van der Waals surface area contributed by atoms with Crippen molar-refractivity contribution in [2.75, 3.05) is 24.7 Å². The van der Waals surface area contributed by atoms with Gasteiger partial charge in [0, 0.05) is 30.8 Å². The third kappa shape index (κ3) is 4.11. The minimum atomic E-state index is -0.0169. The molecule has 0 radical (unpaired) electrons. The first-order valence-corrected chi connectivity index (χ1v) is 9.91. The summed E-state index contributed by atoms with van der Waals surface area (Å²) in [6.07, 6.45) is 0.754. The van der Waals surface area contributed by atoms with E-state index in [0.29, 0.717) is 13.2 Å². The fourth-order valence-electron chi connectivity index (χ4n) is 3.89. The molecule has 3 aromatic rings. The second kappa shape index (κ2) is 8.59. The van der Waals surface area contributed by atoms with Crippen molar-refractivity contribution in [2.24, 2.45) is 0 Å². The fourth-order valence-corrected chi connectivity index (χ4v) is 3.89. The Morgan fingerprint density at radius 1 is 0.750 bits per heavy atom. The maximum absolute atomic E-state index is 9.44. The highest BCUT2D eigenvalue weighted by atomic mass is 16.5. The van der Waals surface area contributed by atoms with E-state index in [-0.39, 0.29) is 12.0 Å². The van der Waals surface area contributed by atoms with Crippen LogP contribution in [0.4, 0.5) is 5.69 Å². The van der Waals surface area contributed by atoms with Gasteiger partial charge in [-0.05, 0) is 35.2 Å². The van der Waals surface area contributed by atoms with Crippen LogP contribution in [0.1, 0.15) is 23.1 Å². The molecule has 0 aromatic heterocycles. The summed E-state index contributed by atoms with van der Waals surface area (Å²) in [5, 5.41) is 9.44. The number of aliphatic hydroxyl groups is 1. The number of anilines is 1. The summed E-state index contributed by atoms with van der Waals surface area (Å²) in [6, 6.07) is 30.0. The van der Waals surface area contributed by atoms with Crippen LogP contribution >= 0.6 is 0 Å². The van der Waals surface area contributed by atoms with Crippen molar-refractivity contribution < 1.29 is 9.84 Å². The lowest BCUT2D eigenvalue weighted by atomic mass is 9.76. The molecule has 0 bridgehead atoms. The van der Waals surface area contributed by atoms with Crippen LogP contribution in [0.15, 0.2) is 84.9 Å². The van der Waals surface area contributed by atoms with E-state index in [9.17, 15) is 5.11 Å². The van der Waals surface area contributed by atoms with Crippen LogP contribution in [-0.4, -0.2) is 24.9 Å². The van der Waals surface area contributed by atoms with Crippen molar-refractivity contribution in [2.45, 2.75) is 24.9 Å². The van der Waals surface area contributed by atoms with E-state index in [0.717, 1.165) is 19.5 Å². The van der Waals surface area contributed by atoms with Gasteiger partial charge in [-0.3, -0.25) is 0 Å². The minimum Gasteiger partial charge on any atom is -0.396 e. The van der Waals surface area contributed by atoms with Gasteiger partial charge < -0.3 is 14.7 Å². The summed E-state index contributed by atoms with van der Waals surface area (Å²) < 4.78 is 5.46. The molecule has 1 N–H and O–H groups in total. The van der Waals surface area contributed by atoms with E-state index >= 15 is 0 Å². The zero-order valence-corrected chi connectivity index (χ0v) is 16.1. The molecular formula is C25H27NO2. The van der Waals surface area contributed by atoms with Gasteiger partial charge >= 0.3 is 0 Å². The van der Waals surface area contributed by atoms with Gasteiger partial charge in [-0.1, -0.05) is 72.8 Å². The van der Waals surface area contributed by atoms with Gasteiger partial charge in [0.25, 0.3) is 0 Å². The molecule has 0 spiro atoms.